The van der Waals surface area contributed by atoms with Crippen LogP contribution in [0.4, 0.5) is 0 Å². The minimum Gasteiger partial charge on any atom is -0.342 e. The van der Waals surface area contributed by atoms with Gasteiger partial charge in [-0.15, -0.1) is 10.2 Å². The Bertz CT molecular complexity index is 899. The van der Waals surface area contributed by atoms with Crippen LogP contribution in [0.1, 0.15) is 45.0 Å². The molecule has 2 aromatic heterocycles. The lowest BCUT2D eigenvalue weighted by molar-refractivity contribution is 0.0703. The summed E-state index contributed by atoms with van der Waals surface area (Å²) in [7, 11) is 0. The maximum atomic E-state index is 12.6. The second-order valence-electron chi connectivity index (χ2n) is 6.36. The van der Waals surface area contributed by atoms with E-state index in [4.69, 9.17) is 4.98 Å². The molecule has 1 fully saturated rings. The number of aromatic nitrogens is 4. The average Bonchev–Trinajstić information content (AvgIpc) is 3.20. The van der Waals surface area contributed by atoms with Crippen LogP contribution in [0.15, 0.2) is 18.2 Å². The molecule has 4 rings (SSSR count). The summed E-state index contributed by atoms with van der Waals surface area (Å²) in [4.78, 5) is 22.7. The summed E-state index contributed by atoms with van der Waals surface area (Å²) < 4.78 is 0. The monoisotopic (exact) mass is 341 g/mol. The van der Waals surface area contributed by atoms with Crippen molar-refractivity contribution in [2.75, 3.05) is 13.1 Å². The van der Waals surface area contributed by atoms with E-state index in [9.17, 15) is 4.79 Å². The number of fused-ring (bicyclic) bond motifs is 1. The zero-order valence-electron chi connectivity index (χ0n) is 13.7. The summed E-state index contributed by atoms with van der Waals surface area (Å²) in [6, 6.07) is 6.23. The molecule has 0 radical (unpaired) electrons. The van der Waals surface area contributed by atoms with Crippen molar-refractivity contribution in [1.82, 2.24) is 25.1 Å². The molecule has 124 valence electrons. The Hall–Kier alpha value is -2.28. The van der Waals surface area contributed by atoms with E-state index in [0.717, 1.165) is 41.3 Å². The summed E-state index contributed by atoms with van der Waals surface area (Å²) in [6.07, 6.45) is 2.02. The van der Waals surface area contributed by atoms with E-state index in [1.807, 2.05) is 17.9 Å². The van der Waals surface area contributed by atoms with Crippen LogP contribution in [0.5, 0.6) is 0 Å². The number of likely N-dealkylation sites (tertiary alicyclic amines) is 1. The fourth-order valence-corrected chi connectivity index (χ4v) is 3.90. The van der Waals surface area contributed by atoms with Crippen LogP contribution in [-0.2, 0) is 0 Å². The molecule has 1 saturated heterocycles. The quantitative estimate of drug-likeness (QED) is 0.777. The third-order valence-electron chi connectivity index (χ3n) is 4.46. The molecule has 1 aliphatic rings. The molecule has 3 heterocycles. The van der Waals surface area contributed by atoms with Crippen LogP contribution in [0.3, 0.4) is 0 Å². The van der Waals surface area contributed by atoms with Gasteiger partial charge in [-0.2, -0.15) is 0 Å². The summed E-state index contributed by atoms with van der Waals surface area (Å²) in [5.74, 6) is 1.20. The molecule has 3 aromatic rings. The minimum atomic E-state index is -0.0164. The van der Waals surface area contributed by atoms with Crippen molar-refractivity contribution in [2.45, 2.75) is 32.6 Å². The Balaban J connectivity index is 1.56. The van der Waals surface area contributed by atoms with Gasteiger partial charge in [-0.1, -0.05) is 17.4 Å². The predicted octanol–water partition coefficient (Wildman–Crippen LogP) is 3.05. The number of aromatic amines is 1. The Morgan fingerprint density at radius 1 is 1.33 bits per heavy atom. The highest BCUT2D eigenvalue weighted by Gasteiger charge is 2.28. The van der Waals surface area contributed by atoms with Crippen LogP contribution in [-0.4, -0.2) is 44.1 Å². The highest BCUT2D eigenvalue weighted by atomic mass is 32.1. The van der Waals surface area contributed by atoms with Crippen molar-refractivity contribution < 1.29 is 4.79 Å². The number of amides is 1. The molecule has 1 N–H and O–H groups in total. The van der Waals surface area contributed by atoms with E-state index >= 15 is 0 Å². The topological polar surface area (TPSA) is 74.8 Å². The molecular weight excluding hydrogens is 322 g/mol. The number of hydrogen-bond donors (Lipinski definition) is 1. The highest BCUT2D eigenvalue weighted by molar-refractivity contribution is 7.13. The van der Waals surface area contributed by atoms with Crippen LogP contribution in [0, 0.1) is 13.8 Å². The van der Waals surface area contributed by atoms with E-state index in [0.29, 0.717) is 11.6 Å². The van der Waals surface area contributed by atoms with Crippen molar-refractivity contribution in [2.24, 2.45) is 0 Å². The van der Waals surface area contributed by atoms with Crippen molar-refractivity contribution in [3.63, 3.8) is 0 Å². The highest BCUT2D eigenvalue weighted by Crippen LogP contribution is 2.28. The molecule has 1 amide bonds. The van der Waals surface area contributed by atoms with Gasteiger partial charge in [-0.25, -0.2) is 4.98 Å². The number of nitrogens with zero attached hydrogens (tertiary/aromatic N) is 4. The van der Waals surface area contributed by atoms with E-state index in [-0.39, 0.29) is 11.8 Å². The second kappa shape index (κ2) is 5.98. The van der Waals surface area contributed by atoms with E-state index in [1.165, 1.54) is 16.9 Å². The summed E-state index contributed by atoms with van der Waals surface area (Å²) in [5.41, 5.74) is 3.26. The van der Waals surface area contributed by atoms with Crippen molar-refractivity contribution in [3.8, 4) is 0 Å². The van der Waals surface area contributed by atoms with Gasteiger partial charge >= 0.3 is 0 Å². The molecule has 1 atom stereocenters. The molecule has 0 aliphatic carbocycles. The van der Waals surface area contributed by atoms with Gasteiger partial charge < -0.3 is 9.88 Å². The zero-order chi connectivity index (χ0) is 16.7. The van der Waals surface area contributed by atoms with Gasteiger partial charge in [-0.05, 0) is 44.4 Å². The molecule has 0 bridgehead atoms. The molecule has 1 aliphatic heterocycles. The summed E-state index contributed by atoms with van der Waals surface area (Å²) in [6.45, 7) is 5.39. The number of rotatable bonds is 2. The Morgan fingerprint density at radius 2 is 2.21 bits per heavy atom. The van der Waals surface area contributed by atoms with Gasteiger partial charge in [0.15, 0.2) is 0 Å². The van der Waals surface area contributed by atoms with E-state index < -0.39 is 0 Å². The van der Waals surface area contributed by atoms with Gasteiger partial charge in [0.2, 0.25) is 5.01 Å². The number of benzene rings is 1. The van der Waals surface area contributed by atoms with Gasteiger partial charge in [0.1, 0.15) is 10.8 Å². The first-order valence-electron chi connectivity index (χ1n) is 8.16. The molecule has 7 heteroatoms. The number of imidazole rings is 1. The molecule has 0 spiro atoms. The van der Waals surface area contributed by atoms with Crippen molar-refractivity contribution in [1.29, 1.82) is 0 Å². The van der Waals surface area contributed by atoms with Gasteiger partial charge in [-0.3, -0.25) is 4.79 Å². The third-order valence-corrected chi connectivity index (χ3v) is 5.29. The lowest BCUT2D eigenvalue weighted by atomic mass is 9.97. The number of carbonyl (C=O) groups excluding carboxylic acids is 1. The maximum Gasteiger partial charge on any atom is 0.284 e. The van der Waals surface area contributed by atoms with Crippen LogP contribution < -0.4 is 0 Å². The van der Waals surface area contributed by atoms with Crippen LogP contribution in [0.2, 0.25) is 0 Å². The fraction of sp³-hybridized carbons (Fsp3) is 0.412. The van der Waals surface area contributed by atoms with Crippen molar-refractivity contribution >= 4 is 28.3 Å². The largest absolute Gasteiger partial charge is 0.342 e. The fourth-order valence-electron chi connectivity index (χ4n) is 3.24. The third kappa shape index (κ3) is 2.80. The normalized spacial score (nSPS) is 18.2. The lowest BCUT2D eigenvalue weighted by Crippen LogP contribution is -2.39. The van der Waals surface area contributed by atoms with Gasteiger partial charge in [0.05, 0.1) is 11.0 Å². The number of aryl methyl sites for hydroxylation is 2. The van der Waals surface area contributed by atoms with Crippen LogP contribution in [0.25, 0.3) is 11.0 Å². The van der Waals surface area contributed by atoms with Gasteiger partial charge in [0.25, 0.3) is 5.91 Å². The molecule has 1 unspecified atom stereocenters. The molecule has 24 heavy (non-hydrogen) atoms. The average molecular weight is 341 g/mol. The number of nitrogens with one attached hydrogen (secondary N) is 1. The minimum absolute atomic E-state index is 0.0164. The van der Waals surface area contributed by atoms with Crippen molar-refractivity contribution in [3.05, 3.63) is 39.6 Å². The zero-order valence-corrected chi connectivity index (χ0v) is 14.6. The number of piperidine rings is 1. The first-order chi connectivity index (χ1) is 11.6. The Morgan fingerprint density at radius 3 is 3.00 bits per heavy atom. The summed E-state index contributed by atoms with van der Waals surface area (Å²) >= 11 is 1.36. The van der Waals surface area contributed by atoms with E-state index in [2.05, 4.69) is 34.2 Å². The standard InChI is InChI=1S/C17H19N5OS/c1-10-5-6-13-14(8-10)19-15(18-13)12-4-3-7-22(9-12)17(23)16-21-20-11(2)24-16/h5-6,8,12H,3-4,7,9H2,1-2H3,(H,18,19). The second-order valence-corrected chi connectivity index (χ2v) is 7.54. The SMILES string of the molecule is Cc1ccc2nc(C3CCCN(C(=O)c4nnc(C)s4)C3)[nH]c2c1. The maximum absolute atomic E-state index is 12.6. The predicted molar refractivity (Wildman–Crippen MR) is 93.4 cm³/mol. The molecule has 1 aromatic carbocycles. The summed E-state index contributed by atoms with van der Waals surface area (Å²) in [5, 5.41) is 9.24. The lowest BCUT2D eigenvalue weighted by Gasteiger charge is -2.31. The number of hydrogen-bond acceptors (Lipinski definition) is 5. The molecule has 0 saturated carbocycles. The number of carbonyl (C=O) groups is 1. The first-order valence-corrected chi connectivity index (χ1v) is 8.97. The molecule has 6 nitrogen and oxygen atoms in total. The molecular formula is C17H19N5OS. The number of H-pyrrole nitrogens is 1. The Labute approximate surface area is 143 Å². The van der Waals surface area contributed by atoms with Gasteiger partial charge in [0, 0.05) is 19.0 Å². The Kier molecular flexibility index (Phi) is 3.80. The van der Waals surface area contributed by atoms with E-state index in [1.54, 1.807) is 0 Å². The smallest absolute Gasteiger partial charge is 0.284 e. The van der Waals surface area contributed by atoms with Crippen LogP contribution >= 0.6 is 11.3 Å². The first kappa shape index (κ1) is 15.3.